The number of benzene rings is 2. The van der Waals surface area contributed by atoms with Crippen molar-refractivity contribution in [2.75, 3.05) is 0 Å². The third-order valence-electron chi connectivity index (χ3n) is 2.78. The summed E-state index contributed by atoms with van der Waals surface area (Å²) >= 11 is -3.45. The zero-order valence-corrected chi connectivity index (χ0v) is 14.0. The van der Waals surface area contributed by atoms with Crippen molar-refractivity contribution in [3.63, 3.8) is 0 Å². The molecule has 0 N–H and O–H groups in total. The normalized spacial score (nSPS) is 10.6. The number of hydrogen-bond acceptors (Lipinski definition) is 0. The van der Waals surface area contributed by atoms with Crippen molar-refractivity contribution in [1.82, 2.24) is 0 Å². The molecule has 0 aliphatic carbocycles. The molecule has 0 saturated carbocycles. The molecule has 1 radical (unpaired) electrons. The third kappa shape index (κ3) is 3.11. The second-order valence-corrected chi connectivity index (χ2v) is 7.14. The van der Waals surface area contributed by atoms with E-state index >= 15 is 0 Å². The van der Waals surface area contributed by atoms with E-state index in [-0.39, 0.29) is 12.4 Å². The molecule has 2 aromatic rings. The Bertz CT molecular complexity index is 697. The molecule has 0 spiro atoms. The van der Waals surface area contributed by atoms with Crippen LogP contribution in [0.2, 0.25) is 0 Å². The fourth-order valence-corrected chi connectivity index (χ4v) is 4.37. The molecule has 2 rings (SSSR count). The summed E-state index contributed by atoms with van der Waals surface area (Å²) in [6.07, 6.45) is 0. The summed E-state index contributed by atoms with van der Waals surface area (Å²) in [5.74, 6) is -24.0. The second-order valence-electron chi connectivity index (χ2n) is 4.11. The van der Waals surface area contributed by atoms with Gasteiger partial charge in [-0.15, -0.1) is 12.4 Å². The number of rotatable bonds is 2. The van der Waals surface area contributed by atoms with E-state index in [4.69, 9.17) is 0 Å². The van der Waals surface area contributed by atoms with E-state index in [0.29, 0.717) is 0 Å². The molecule has 2 aromatic carbocycles. The first-order chi connectivity index (χ1) is 10.6. The second kappa shape index (κ2) is 7.27. The van der Waals surface area contributed by atoms with Crippen molar-refractivity contribution in [2.45, 2.75) is 0 Å². The van der Waals surface area contributed by atoms with E-state index < -0.39 is 83.8 Å². The van der Waals surface area contributed by atoms with E-state index in [0.717, 1.165) is 0 Å². The Morgan fingerprint density at radius 2 is 0.500 bits per heavy atom. The molecule has 0 unspecified atom stereocenters. The molecule has 0 amide bonds. The van der Waals surface area contributed by atoms with Crippen molar-refractivity contribution in [3.05, 3.63) is 58.2 Å². The molecule has 0 aliphatic rings. The predicted molar refractivity (Wildman–Crippen MR) is 64.7 cm³/mol. The maximum atomic E-state index is 13.4. The molecular formula is C12HClF10Ga. The van der Waals surface area contributed by atoms with E-state index in [1.807, 2.05) is 0 Å². The summed E-state index contributed by atoms with van der Waals surface area (Å²) in [5.41, 5.74) is 0. The Balaban J connectivity index is 0.00000288. The SMILES string of the molecule is Cl.Fc1c(F)c(F)[c]([Ga][c]2c(F)c(F)c(F)c(F)c2F)c(F)c1F. The molecular weight excluding hydrogens is 439 g/mol. The fourth-order valence-electron chi connectivity index (χ4n) is 1.64. The van der Waals surface area contributed by atoms with Crippen molar-refractivity contribution in [3.8, 4) is 0 Å². The van der Waals surface area contributed by atoms with Crippen LogP contribution in [-0.4, -0.2) is 17.4 Å². The molecule has 129 valence electrons. The van der Waals surface area contributed by atoms with E-state index in [9.17, 15) is 43.9 Å². The van der Waals surface area contributed by atoms with Crippen LogP contribution in [0.15, 0.2) is 0 Å². The molecule has 0 aliphatic heterocycles. The summed E-state index contributed by atoms with van der Waals surface area (Å²) < 4.78 is 128. The molecule has 0 aromatic heterocycles. The summed E-state index contributed by atoms with van der Waals surface area (Å²) in [6.45, 7) is 0. The predicted octanol–water partition coefficient (Wildman–Crippen LogP) is 3.15. The average Bonchev–Trinajstić information content (AvgIpc) is 2.54. The first-order valence-corrected chi connectivity index (χ1v) is 7.89. The Morgan fingerprint density at radius 3 is 0.708 bits per heavy atom. The van der Waals surface area contributed by atoms with Crippen LogP contribution >= 0.6 is 12.4 Å². The van der Waals surface area contributed by atoms with Gasteiger partial charge in [-0.25, -0.2) is 0 Å². The van der Waals surface area contributed by atoms with Gasteiger partial charge in [-0.3, -0.25) is 0 Å². The van der Waals surface area contributed by atoms with Gasteiger partial charge in [0.25, 0.3) is 0 Å². The van der Waals surface area contributed by atoms with Gasteiger partial charge in [-0.05, 0) is 0 Å². The molecule has 0 nitrogen and oxygen atoms in total. The fraction of sp³-hybridized carbons (Fsp3) is 0. The van der Waals surface area contributed by atoms with Gasteiger partial charge in [-0.2, -0.15) is 0 Å². The van der Waals surface area contributed by atoms with Gasteiger partial charge < -0.3 is 0 Å². The van der Waals surface area contributed by atoms with E-state index in [1.54, 1.807) is 0 Å². The summed E-state index contributed by atoms with van der Waals surface area (Å²) in [4.78, 5) is 0. The summed E-state index contributed by atoms with van der Waals surface area (Å²) in [6, 6.07) is 0. The van der Waals surface area contributed by atoms with Gasteiger partial charge in [0, 0.05) is 0 Å². The van der Waals surface area contributed by atoms with Crippen LogP contribution in [0.4, 0.5) is 43.9 Å². The topological polar surface area (TPSA) is 0 Å². The van der Waals surface area contributed by atoms with Gasteiger partial charge >= 0.3 is 128 Å². The zero-order chi connectivity index (χ0) is 17.6. The van der Waals surface area contributed by atoms with Crippen molar-refractivity contribution in [1.29, 1.82) is 0 Å². The van der Waals surface area contributed by atoms with Crippen LogP contribution in [0.1, 0.15) is 0 Å². The summed E-state index contributed by atoms with van der Waals surface area (Å²) in [7, 11) is 0. The van der Waals surface area contributed by atoms with Crippen LogP contribution in [0.3, 0.4) is 0 Å². The average molecular weight is 440 g/mol. The van der Waals surface area contributed by atoms with Crippen LogP contribution in [-0.2, 0) is 0 Å². The molecule has 0 saturated heterocycles. The molecule has 12 heteroatoms. The van der Waals surface area contributed by atoms with Crippen LogP contribution in [0.25, 0.3) is 0 Å². The van der Waals surface area contributed by atoms with Crippen molar-refractivity contribution >= 4 is 38.1 Å². The van der Waals surface area contributed by atoms with Crippen molar-refractivity contribution < 1.29 is 43.9 Å². The molecule has 0 atom stereocenters. The molecule has 24 heavy (non-hydrogen) atoms. The molecule has 0 bridgehead atoms. The maximum absolute atomic E-state index is 13.4. The molecule has 0 fully saturated rings. The van der Waals surface area contributed by atoms with Gasteiger partial charge in [0.15, 0.2) is 0 Å². The number of halogens is 11. The number of hydrogen-bond donors (Lipinski definition) is 0. The quantitative estimate of drug-likeness (QED) is 0.292. The van der Waals surface area contributed by atoms with Crippen LogP contribution in [0.5, 0.6) is 0 Å². The van der Waals surface area contributed by atoms with Gasteiger partial charge in [0.05, 0.1) is 0 Å². The van der Waals surface area contributed by atoms with Gasteiger partial charge in [0.1, 0.15) is 0 Å². The summed E-state index contributed by atoms with van der Waals surface area (Å²) in [5, 5.41) is 0. The van der Waals surface area contributed by atoms with Crippen molar-refractivity contribution in [2.24, 2.45) is 0 Å². The first kappa shape index (κ1) is 20.7. The third-order valence-corrected chi connectivity index (χ3v) is 6.11. The Hall–Kier alpha value is -1.33. The van der Waals surface area contributed by atoms with Crippen LogP contribution < -0.4 is 8.24 Å². The van der Waals surface area contributed by atoms with Crippen LogP contribution in [0, 0.1) is 58.2 Å². The Kier molecular flexibility index (Phi) is 6.28. The van der Waals surface area contributed by atoms with E-state index in [2.05, 4.69) is 0 Å². The Morgan fingerprint density at radius 1 is 0.333 bits per heavy atom. The first-order valence-electron chi connectivity index (χ1n) is 5.47. The standard InChI is InChI=1S/2C6F5.ClH.Ga/c2*7-2-1-3(8)5(10)6(11)4(2)9;;/h;;1H;. The zero-order valence-electron chi connectivity index (χ0n) is 10.8. The van der Waals surface area contributed by atoms with Gasteiger partial charge in [0.2, 0.25) is 0 Å². The molecule has 0 heterocycles. The monoisotopic (exact) mass is 439 g/mol. The Labute approximate surface area is 140 Å². The van der Waals surface area contributed by atoms with Gasteiger partial charge in [-0.1, -0.05) is 0 Å². The minimum atomic E-state index is -3.45. The minimum absolute atomic E-state index is 0. The van der Waals surface area contributed by atoms with E-state index in [1.165, 1.54) is 0 Å².